The summed E-state index contributed by atoms with van der Waals surface area (Å²) in [4.78, 5) is 12.0. The van der Waals surface area contributed by atoms with E-state index < -0.39 is 0 Å². The zero-order valence-corrected chi connectivity index (χ0v) is 15.2. The summed E-state index contributed by atoms with van der Waals surface area (Å²) >= 11 is 2.25. The molecule has 0 spiro atoms. The molecule has 0 fully saturated rings. The number of benzene rings is 2. The monoisotopic (exact) mass is 423 g/mol. The molecule has 0 saturated carbocycles. The van der Waals surface area contributed by atoms with Crippen molar-refractivity contribution in [2.24, 2.45) is 0 Å². The number of nitrogens with one attached hydrogen (secondary N) is 1. The molecule has 0 unspecified atom stereocenters. The first-order valence-electron chi connectivity index (χ1n) is 7.05. The van der Waals surface area contributed by atoms with Crippen LogP contribution in [-0.4, -0.2) is 19.8 Å². The number of rotatable bonds is 6. The van der Waals surface area contributed by atoms with Crippen molar-refractivity contribution < 1.29 is 14.3 Å². The van der Waals surface area contributed by atoms with E-state index >= 15 is 0 Å². The molecule has 4 nitrogen and oxygen atoms in total. The largest absolute Gasteiger partial charge is 0.468 e. The molecular weight excluding hydrogens is 405 g/mol. The van der Waals surface area contributed by atoms with Crippen molar-refractivity contribution in [3.05, 3.63) is 63.2 Å². The van der Waals surface area contributed by atoms with Crippen LogP contribution in [0, 0.1) is 10.5 Å². The Morgan fingerprint density at radius 1 is 1.22 bits per heavy atom. The highest BCUT2D eigenvalue weighted by molar-refractivity contribution is 14.1. The summed E-state index contributed by atoms with van der Waals surface area (Å²) in [5.41, 5.74) is 2.78. The minimum atomic E-state index is -0.158. The van der Waals surface area contributed by atoms with Gasteiger partial charge in [-0.3, -0.25) is 4.79 Å². The first-order chi connectivity index (χ1) is 11.1. The number of halogens is 1. The molecular formula is C18H18INO3. The molecule has 0 heterocycles. The Balaban J connectivity index is 1.95. The van der Waals surface area contributed by atoms with Crippen LogP contribution in [0.3, 0.4) is 0 Å². The third kappa shape index (κ3) is 5.69. The number of aryl methyl sites for hydroxylation is 1. The van der Waals surface area contributed by atoms with Crippen LogP contribution in [0.25, 0.3) is 6.08 Å². The molecule has 120 valence electrons. The molecule has 0 radical (unpaired) electrons. The van der Waals surface area contributed by atoms with E-state index in [0.29, 0.717) is 0 Å². The van der Waals surface area contributed by atoms with Gasteiger partial charge in [-0.25, -0.2) is 0 Å². The highest BCUT2D eigenvalue weighted by Crippen LogP contribution is 2.18. The van der Waals surface area contributed by atoms with Gasteiger partial charge in [-0.1, -0.05) is 12.1 Å². The highest BCUT2D eigenvalue weighted by atomic mass is 127. The molecule has 0 bridgehead atoms. The lowest BCUT2D eigenvalue weighted by atomic mass is 10.2. The smallest absolute Gasteiger partial charge is 0.248 e. The molecule has 0 atom stereocenters. The second kappa shape index (κ2) is 8.69. The van der Waals surface area contributed by atoms with Gasteiger partial charge in [0.05, 0.1) is 0 Å². The topological polar surface area (TPSA) is 47.6 Å². The average molecular weight is 423 g/mol. The van der Waals surface area contributed by atoms with E-state index in [9.17, 15) is 4.79 Å². The number of hydrogen-bond donors (Lipinski definition) is 1. The van der Waals surface area contributed by atoms with Crippen LogP contribution in [0.2, 0.25) is 0 Å². The molecule has 1 amide bonds. The average Bonchev–Trinajstić information content (AvgIpc) is 2.54. The van der Waals surface area contributed by atoms with Crippen molar-refractivity contribution in [3.63, 3.8) is 0 Å². The second-order valence-electron chi connectivity index (χ2n) is 4.90. The number of methoxy groups -OCH3 is 1. The van der Waals surface area contributed by atoms with E-state index in [-0.39, 0.29) is 12.7 Å². The van der Waals surface area contributed by atoms with Gasteiger partial charge in [0.25, 0.3) is 0 Å². The van der Waals surface area contributed by atoms with Crippen LogP contribution in [0.1, 0.15) is 11.1 Å². The SMILES string of the molecule is COCOc1ccc(/C=C/C(=O)Nc2ccc(I)cc2C)cc1. The Bertz CT molecular complexity index is 696. The number of anilines is 1. The normalized spacial score (nSPS) is 10.7. The zero-order valence-electron chi connectivity index (χ0n) is 13.0. The Morgan fingerprint density at radius 2 is 1.96 bits per heavy atom. The lowest BCUT2D eigenvalue weighted by Gasteiger charge is -2.06. The van der Waals surface area contributed by atoms with E-state index in [4.69, 9.17) is 9.47 Å². The van der Waals surface area contributed by atoms with E-state index in [0.717, 1.165) is 26.1 Å². The van der Waals surface area contributed by atoms with Crippen molar-refractivity contribution in [2.45, 2.75) is 6.92 Å². The second-order valence-corrected chi connectivity index (χ2v) is 6.15. The van der Waals surface area contributed by atoms with E-state index in [1.165, 1.54) is 6.08 Å². The minimum absolute atomic E-state index is 0.158. The van der Waals surface area contributed by atoms with Gasteiger partial charge in [0.1, 0.15) is 5.75 Å². The highest BCUT2D eigenvalue weighted by Gasteiger charge is 2.02. The van der Waals surface area contributed by atoms with Gasteiger partial charge in [-0.15, -0.1) is 0 Å². The minimum Gasteiger partial charge on any atom is -0.468 e. The van der Waals surface area contributed by atoms with Gasteiger partial charge in [0.2, 0.25) is 5.91 Å². The van der Waals surface area contributed by atoms with Crippen molar-refractivity contribution in [1.82, 2.24) is 0 Å². The summed E-state index contributed by atoms with van der Waals surface area (Å²) in [5, 5.41) is 2.88. The lowest BCUT2D eigenvalue weighted by molar-refractivity contribution is -0.111. The summed E-state index contributed by atoms with van der Waals surface area (Å²) in [7, 11) is 1.57. The molecule has 2 aromatic carbocycles. The molecule has 23 heavy (non-hydrogen) atoms. The predicted molar refractivity (Wildman–Crippen MR) is 101 cm³/mol. The van der Waals surface area contributed by atoms with Crippen LogP contribution >= 0.6 is 22.6 Å². The van der Waals surface area contributed by atoms with Gasteiger partial charge < -0.3 is 14.8 Å². The van der Waals surface area contributed by atoms with Gasteiger partial charge in [0, 0.05) is 22.4 Å². The molecule has 0 aliphatic heterocycles. The fraction of sp³-hybridized carbons (Fsp3) is 0.167. The molecule has 0 aliphatic rings. The van der Waals surface area contributed by atoms with Gasteiger partial charge in [-0.2, -0.15) is 0 Å². The quantitative estimate of drug-likeness (QED) is 0.430. The third-order valence-electron chi connectivity index (χ3n) is 3.10. The van der Waals surface area contributed by atoms with E-state index in [1.807, 2.05) is 49.4 Å². The molecule has 2 rings (SSSR count). The Labute approximate surface area is 149 Å². The summed E-state index contributed by atoms with van der Waals surface area (Å²) in [6.45, 7) is 2.19. The van der Waals surface area contributed by atoms with Crippen molar-refractivity contribution in [3.8, 4) is 5.75 Å². The van der Waals surface area contributed by atoms with Gasteiger partial charge in [0.15, 0.2) is 6.79 Å². The lowest BCUT2D eigenvalue weighted by Crippen LogP contribution is -2.08. The summed E-state index contributed by atoms with van der Waals surface area (Å²) < 4.78 is 11.3. The third-order valence-corrected chi connectivity index (χ3v) is 3.77. The zero-order chi connectivity index (χ0) is 16.7. The first-order valence-corrected chi connectivity index (χ1v) is 8.13. The van der Waals surface area contributed by atoms with Gasteiger partial charge in [-0.05, 0) is 77.0 Å². The fourth-order valence-electron chi connectivity index (χ4n) is 1.92. The standard InChI is InChI=1S/C18H18INO3/c1-13-11-15(19)6-9-17(13)20-18(21)10-5-14-3-7-16(8-4-14)23-12-22-2/h3-11H,12H2,1-2H3,(H,20,21)/b10-5+. The number of ether oxygens (including phenoxy) is 2. The summed E-state index contributed by atoms with van der Waals surface area (Å²) in [5.74, 6) is 0.567. The molecule has 0 saturated heterocycles. The molecule has 0 aromatic heterocycles. The van der Waals surface area contributed by atoms with E-state index in [2.05, 4.69) is 27.9 Å². The van der Waals surface area contributed by atoms with E-state index in [1.54, 1.807) is 13.2 Å². The number of amides is 1. The van der Waals surface area contributed by atoms with Crippen LogP contribution in [0.5, 0.6) is 5.75 Å². The fourth-order valence-corrected chi connectivity index (χ4v) is 2.56. The van der Waals surface area contributed by atoms with Crippen LogP contribution in [-0.2, 0) is 9.53 Å². The summed E-state index contributed by atoms with van der Waals surface area (Å²) in [6.07, 6.45) is 3.28. The molecule has 0 aliphatic carbocycles. The number of carbonyl (C=O) groups excluding carboxylic acids is 1. The number of hydrogen-bond acceptors (Lipinski definition) is 3. The molecule has 5 heteroatoms. The van der Waals surface area contributed by atoms with Crippen LogP contribution < -0.4 is 10.1 Å². The maximum atomic E-state index is 12.0. The maximum Gasteiger partial charge on any atom is 0.248 e. The first kappa shape index (κ1) is 17.5. The Hall–Kier alpha value is -1.86. The van der Waals surface area contributed by atoms with Crippen molar-refractivity contribution >= 4 is 40.3 Å². The Morgan fingerprint density at radius 3 is 2.61 bits per heavy atom. The maximum absolute atomic E-state index is 12.0. The number of carbonyl (C=O) groups is 1. The predicted octanol–water partition coefficient (Wildman–Crippen LogP) is 4.23. The van der Waals surface area contributed by atoms with Crippen molar-refractivity contribution in [2.75, 3.05) is 19.2 Å². The molecule has 2 aromatic rings. The molecule has 1 N–H and O–H groups in total. The Kier molecular flexibility index (Phi) is 6.61. The summed E-state index contributed by atoms with van der Waals surface area (Å²) in [6, 6.07) is 13.3. The van der Waals surface area contributed by atoms with Crippen LogP contribution in [0.4, 0.5) is 5.69 Å². The van der Waals surface area contributed by atoms with Gasteiger partial charge >= 0.3 is 0 Å². The van der Waals surface area contributed by atoms with Crippen LogP contribution in [0.15, 0.2) is 48.5 Å². The van der Waals surface area contributed by atoms with Crippen molar-refractivity contribution in [1.29, 1.82) is 0 Å².